The molecule has 0 unspecified atom stereocenters. The van der Waals surface area contributed by atoms with Crippen molar-refractivity contribution in [2.24, 2.45) is 0 Å². The first-order valence-electron chi connectivity index (χ1n) is 9.88. The van der Waals surface area contributed by atoms with Gasteiger partial charge in [-0.1, -0.05) is 6.07 Å². The molecule has 1 aromatic rings. The SMILES string of the molecule is CCOC(=O)C=Cc1cccc(CNC2(C(=O)OC3CCCC3)CCC2)n1. The van der Waals surface area contributed by atoms with E-state index < -0.39 is 5.54 Å². The molecule has 1 heterocycles. The van der Waals surface area contributed by atoms with Gasteiger partial charge in [0.05, 0.1) is 18.0 Å². The molecular formula is C21H28N2O4. The highest BCUT2D eigenvalue weighted by atomic mass is 16.5. The fraction of sp³-hybridized carbons (Fsp3) is 0.571. The number of nitrogens with zero attached hydrogens (tertiary/aromatic N) is 1. The molecule has 0 saturated heterocycles. The van der Waals surface area contributed by atoms with Crippen LogP contribution < -0.4 is 5.32 Å². The molecule has 0 bridgehead atoms. The van der Waals surface area contributed by atoms with E-state index in [4.69, 9.17) is 9.47 Å². The number of pyridine rings is 1. The zero-order valence-electron chi connectivity index (χ0n) is 15.9. The van der Waals surface area contributed by atoms with Crippen LogP contribution in [0, 0.1) is 0 Å². The quantitative estimate of drug-likeness (QED) is 0.558. The molecule has 2 aliphatic carbocycles. The van der Waals surface area contributed by atoms with Gasteiger partial charge in [-0.2, -0.15) is 0 Å². The van der Waals surface area contributed by atoms with E-state index >= 15 is 0 Å². The number of carbonyl (C=O) groups excluding carboxylic acids is 2. The molecule has 6 nitrogen and oxygen atoms in total. The molecule has 0 radical (unpaired) electrons. The lowest BCUT2D eigenvalue weighted by atomic mass is 9.76. The summed E-state index contributed by atoms with van der Waals surface area (Å²) in [6.07, 6.45) is 10.00. The highest BCUT2D eigenvalue weighted by molar-refractivity contribution is 5.86. The Hall–Kier alpha value is -2.21. The molecule has 2 saturated carbocycles. The van der Waals surface area contributed by atoms with E-state index in [9.17, 15) is 9.59 Å². The van der Waals surface area contributed by atoms with Gasteiger partial charge in [-0.05, 0) is 70.1 Å². The Kier molecular flexibility index (Phi) is 6.61. The maximum atomic E-state index is 12.7. The lowest BCUT2D eigenvalue weighted by molar-refractivity contribution is -0.161. The van der Waals surface area contributed by atoms with E-state index in [1.165, 1.54) is 6.08 Å². The van der Waals surface area contributed by atoms with Crippen LogP contribution in [-0.2, 0) is 25.6 Å². The van der Waals surface area contributed by atoms with Crippen molar-refractivity contribution in [1.29, 1.82) is 0 Å². The number of nitrogens with one attached hydrogen (secondary N) is 1. The van der Waals surface area contributed by atoms with Crippen molar-refractivity contribution in [2.45, 2.75) is 70.1 Å². The van der Waals surface area contributed by atoms with Crippen LogP contribution in [0.15, 0.2) is 24.3 Å². The summed E-state index contributed by atoms with van der Waals surface area (Å²) in [5.74, 6) is -0.495. The first-order chi connectivity index (χ1) is 13.1. The van der Waals surface area contributed by atoms with E-state index in [-0.39, 0.29) is 18.0 Å². The molecule has 2 aliphatic rings. The molecule has 0 aromatic carbocycles. The van der Waals surface area contributed by atoms with Crippen molar-refractivity contribution in [3.8, 4) is 0 Å². The zero-order valence-corrected chi connectivity index (χ0v) is 15.9. The van der Waals surface area contributed by atoms with Gasteiger partial charge in [0.25, 0.3) is 0 Å². The number of esters is 2. The molecule has 146 valence electrons. The van der Waals surface area contributed by atoms with Gasteiger partial charge in [0.15, 0.2) is 0 Å². The fourth-order valence-corrected chi connectivity index (χ4v) is 3.55. The molecule has 0 amide bonds. The lowest BCUT2D eigenvalue weighted by Crippen LogP contribution is -2.58. The Morgan fingerprint density at radius 3 is 2.70 bits per heavy atom. The minimum Gasteiger partial charge on any atom is -0.463 e. The molecule has 0 aliphatic heterocycles. The van der Waals surface area contributed by atoms with Crippen LogP contribution in [0.3, 0.4) is 0 Å². The average molecular weight is 372 g/mol. The van der Waals surface area contributed by atoms with E-state index in [0.29, 0.717) is 18.8 Å². The maximum absolute atomic E-state index is 12.7. The van der Waals surface area contributed by atoms with Gasteiger partial charge in [-0.15, -0.1) is 0 Å². The largest absolute Gasteiger partial charge is 0.463 e. The Balaban J connectivity index is 1.57. The summed E-state index contributed by atoms with van der Waals surface area (Å²) in [6, 6.07) is 5.62. The van der Waals surface area contributed by atoms with Crippen LogP contribution in [0.4, 0.5) is 0 Å². The summed E-state index contributed by atoms with van der Waals surface area (Å²) in [5.41, 5.74) is 0.931. The standard InChI is InChI=1S/C21H28N2O4/c1-2-26-19(24)12-11-16-7-5-8-17(23-16)15-22-21(13-6-14-21)20(25)27-18-9-3-4-10-18/h5,7-8,11-12,18,22H,2-4,6,9-10,13-15H2,1H3. The second-order valence-corrected chi connectivity index (χ2v) is 7.24. The number of aromatic nitrogens is 1. The number of carbonyl (C=O) groups is 2. The van der Waals surface area contributed by atoms with Crippen LogP contribution >= 0.6 is 0 Å². The van der Waals surface area contributed by atoms with E-state index in [2.05, 4.69) is 10.3 Å². The molecule has 1 aromatic heterocycles. The predicted octanol–water partition coefficient (Wildman–Crippen LogP) is 3.16. The summed E-state index contributed by atoms with van der Waals surface area (Å²) in [6.45, 7) is 2.60. The number of hydrogen-bond donors (Lipinski definition) is 1. The summed E-state index contributed by atoms with van der Waals surface area (Å²) < 4.78 is 10.6. The van der Waals surface area contributed by atoms with Crippen LogP contribution in [0.2, 0.25) is 0 Å². The van der Waals surface area contributed by atoms with E-state index in [0.717, 1.165) is 50.6 Å². The Morgan fingerprint density at radius 1 is 1.26 bits per heavy atom. The van der Waals surface area contributed by atoms with Gasteiger partial charge in [0.2, 0.25) is 0 Å². The number of ether oxygens (including phenoxy) is 2. The third-order valence-corrected chi connectivity index (χ3v) is 5.29. The smallest absolute Gasteiger partial charge is 0.330 e. The van der Waals surface area contributed by atoms with Crippen LogP contribution in [0.5, 0.6) is 0 Å². The zero-order chi connectivity index (χ0) is 19.1. The molecular weight excluding hydrogens is 344 g/mol. The molecule has 27 heavy (non-hydrogen) atoms. The lowest BCUT2D eigenvalue weighted by Gasteiger charge is -2.40. The van der Waals surface area contributed by atoms with Gasteiger partial charge < -0.3 is 9.47 Å². The maximum Gasteiger partial charge on any atom is 0.330 e. The summed E-state index contributed by atoms with van der Waals surface area (Å²) in [5, 5.41) is 3.38. The Labute approximate surface area is 160 Å². The van der Waals surface area contributed by atoms with Gasteiger partial charge in [0, 0.05) is 12.6 Å². The second kappa shape index (κ2) is 9.13. The molecule has 0 atom stereocenters. The van der Waals surface area contributed by atoms with Crippen molar-refractivity contribution >= 4 is 18.0 Å². The van der Waals surface area contributed by atoms with Crippen LogP contribution in [-0.4, -0.2) is 35.2 Å². The summed E-state index contributed by atoms with van der Waals surface area (Å²) in [7, 11) is 0. The first-order valence-corrected chi connectivity index (χ1v) is 9.88. The van der Waals surface area contributed by atoms with Crippen molar-refractivity contribution in [3.05, 3.63) is 35.7 Å². The highest BCUT2D eigenvalue weighted by Crippen LogP contribution is 2.35. The van der Waals surface area contributed by atoms with Gasteiger partial charge >= 0.3 is 11.9 Å². The minimum atomic E-state index is -0.568. The van der Waals surface area contributed by atoms with E-state index in [1.54, 1.807) is 13.0 Å². The third kappa shape index (κ3) is 5.16. The fourth-order valence-electron chi connectivity index (χ4n) is 3.55. The molecule has 1 N–H and O–H groups in total. The molecule has 3 rings (SSSR count). The van der Waals surface area contributed by atoms with Gasteiger partial charge in [-0.3, -0.25) is 15.1 Å². The summed E-state index contributed by atoms with van der Waals surface area (Å²) in [4.78, 5) is 28.6. The topological polar surface area (TPSA) is 77.5 Å². The van der Waals surface area contributed by atoms with Crippen molar-refractivity contribution in [1.82, 2.24) is 10.3 Å². The van der Waals surface area contributed by atoms with Gasteiger partial charge in [0.1, 0.15) is 11.6 Å². The Bertz CT molecular complexity index is 691. The third-order valence-electron chi connectivity index (χ3n) is 5.29. The normalized spacial score (nSPS) is 19.0. The monoisotopic (exact) mass is 372 g/mol. The van der Waals surface area contributed by atoms with Gasteiger partial charge in [-0.25, -0.2) is 4.79 Å². The predicted molar refractivity (Wildman–Crippen MR) is 102 cm³/mol. The second-order valence-electron chi connectivity index (χ2n) is 7.24. The number of hydrogen-bond acceptors (Lipinski definition) is 6. The van der Waals surface area contributed by atoms with Crippen molar-refractivity contribution < 1.29 is 19.1 Å². The van der Waals surface area contributed by atoms with Crippen LogP contribution in [0.25, 0.3) is 6.08 Å². The first kappa shape index (κ1) is 19.5. The Morgan fingerprint density at radius 2 is 2.04 bits per heavy atom. The molecule has 6 heteroatoms. The highest BCUT2D eigenvalue weighted by Gasteiger charge is 2.46. The van der Waals surface area contributed by atoms with Crippen molar-refractivity contribution in [3.63, 3.8) is 0 Å². The average Bonchev–Trinajstić information content (AvgIpc) is 3.13. The summed E-state index contributed by atoms with van der Waals surface area (Å²) >= 11 is 0. The van der Waals surface area contributed by atoms with E-state index in [1.807, 2.05) is 18.2 Å². The molecule has 0 spiro atoms. The van der Waals surface area contributed by atoms with Crippen molar-refractivity contribution in [2.75, 3.05) is 6.61 Å². The van der Waals surface area contributed by atoms with Crippen LogP contribution in [0.1, 0.15) is 63.3 Å². The number of rotatable bonds is 8. The minimum absolute atomic E-state index is 0.0891. The molecule has 2 fully saturated rings.